The average molecular weight is 427 g/mol. The standard InChI is InChI=1S/C21H19ClN4O2S/c22-15-11-16-12(10-18(27)24-16)9-14(15)21(28)20(26-7-5-23-6-8-26)19-13-3-1-2-4-17(13)29-25-19/h1-4,9,11,20,23H,5-8,10H2,(H,24,27). The quantitative estimate of drug-likeness (QED) is 0.626. The second-order valence-electron chi connectivity index (χ2n) is 7.33. The third-order valence-electron chi connectivity index (χ3n) is 5.51. The lowest BCUT2D eigenvalue weighted by molar-refractivity contribution is -0.115. The van der Waals surface area contributed by atoms with Gasteiger partial charge >= 0.3 is 0 Å². The molecule has 1 saturated heterocycles. The maximum atomic E-state index is 13.8. The van der Waals surface area contributed by atoms with Gasteiger partial charge < -0.3 is 10.6 Å². The van der Waals surface area contributed by atoms with Gasteiger partial charge in [-0.25, -0.2) is 0 Å². The van der Waals surface area contributed by atoms with Crippen molar-refractivity contribution in [2.24, 2.45) is 0 Å². The minimum Gasteiger partial charge on any atom is -0.325 e. The number of hydrogen-bond acceptors (Lipinski definition) is 6. The van der Waals surface area contributed by atoms with Gasteiger partial charge in [0.15, 0.2) is 5.78 Å². The van der Waals surface area contributed by atoms with Crippen LogP contribution in [0.25, 0.3) is 10.1 Å². The van der Waals surface area contributed by atoms with Crippen LogP contribution in [0.1, 0.15) is 27.7 Å². The van der Waals surface area contributed by atoms with Gasteiger partial charge in [0.2, 0.25) is 5.91 Å². The molecule has 0 spiro atoms. The topological polar surface area (TPSA) is 74.3 Å². The molecule has 0 bridgehead atoms. The van der Waals surface area contributed by atoms with Crippen molar-refractivity contribution < 1.29 is 9.59 Å². The van der Waals surface area contributed by atoms with Gasteiger partial charge in [0.25, 0.3) is 0 Å². The molecule has 2 N–H and O–H groups in total. The smallest absolute Gasteiger partial charge is 0.228 e. The zero-order valence-electron chi connectivity index (χ0n) is 15.6. The fourth-order valence-corrected chi connectivity index (χ4v) is 5.15. The Balaban J connectivity index is 1.61. The predicted molar refractivity (Wildman–Crippen MR) is 115 cm³/mol. The normalized spacial score (nSPS) is 17.9. The largest absolute Gasteiger partial charge is 0.325 e. The van der Waals surface area contributed by atoms with E-state index in [1.807, 2.05) is 24.3 Å². The molecular formula is C21H19ClN4O2S. The summed E-state index contributed by atoms with van der Waals surface area (Å²) in [5.41, 5.74) is 2.73. The molecule has 29 heavy (non-hydrogen) atoms. The highest BCUT2D eigenvalue weighted by atomic mass is 35.5. The molecule has 3 aromatic rings. The molecule has 2 aliphatic rings. The van der Waals surface area contributed by atoms with Crippen molar-refractivity contribution >= 4 is 50.6 Å². The molecule has 0 aliphatic carbocycles. The molecular weight excluding hydrogens is 408 g/mol. The van der Waals surface area contributed by atoms with Crippen molar-refractivity contribution in [3.8, 4) is 0 Å². The maximum absolute atomic E-state index is 13.8. The van der Waals surface area contributed by atoms with Crippen LogP contribution in [-0.4, -0.2) is 47.1 Å². The SMILES string of the molecule is O=C1Cc2cc(C(=O)C(c3nsc4ccccc34)N3CCNCC3)c(Cl)cc2N1. The molecule has 148 valence electrons. The second-order valence-corrected chi connectivity index (χ2v) is 8.54. The zero-order chi connectivity index (χ0) is 20.0. The van der Waals surface area contributed by atoms with E-state index in [1.54, 1.807) is 12.1 Å². The van der Waals surface area contributed by atoms with Gasteiger partial charge in [-0.1, -0.05) is 29.8 Å². The van der Waals surface area contributed by atoms with Gasteiger partial charge in [-0.3, -0.25) is 14.5 Å². The molecule has 2 aromatic carbocycles. The molecule has 2 aliphatic heterocycles. The number of halogens is 1. The van der Waals surface area contributed by atoms with E-state index in [9.17, 15) is 9.59 Å². The maximum Gasteiger partial charge on any atom is 0.228 e. The van der Waals surface area contributed by atoms with Crippen LogP contribution in [0.3, 0.4) is 0 Å². The molecule has 1 fully saturated rings. The summed E-state index contributed by atoms with van der Waals surface area (Å²) >= 11 is 7.90. The number of fused-ring (bicyclic) bond motifs is 2. The average Bonchev–Trinajstić information content (AvgIpc) is 3.31. The number of ketones is 1. The molecule has 1 amide bonds. The zero-order valence-corrected chi connectivity index (χ0v) is 17.1. The van der Waals surface area contributed by atoms with E-state index in [-0.39, 0.29) is 18.1 Å². The van der Waals surface area contributed by atoms with Gasteiger partial charge in [0.1, 0.15) is 6.04 Å². The number of rotatable bonds is 4. The van der Waals surface area contributed by atoms with Crippen molar-refractivity contribution in [2.75, 3.05) is 31.5 Å². The number of anilines is 1. The van der Waals surface area contributed by atoms with Crippen molar-refractivity contribution in [3.63, 3.8) is 0 Å². The van der Waals surface area contributed by atoms with E-state index in [0.29, 0.717) is 16.3 Å². The van der Waals surface area contributed by atoms with Gasteiger partial charge in [0, 0.05) is 42.8 Å². The van der Waals surface area contributed by atoms with E-state index >= 15 is 0 Å². The summed E-state index contributed by atoms with van der Waals surface area (Å²) in [4.78, 5) is 27.7. The minimum atomic E-state index is -0.506. The summed E-state index contributed by atoms with van der Waals surface area (Å²) in [6.07, 6.45) is 0.269. The Bertz CT molecular complexity index is 1120. The van der Waals surface area contributed by atoms with Crippen LogP contribution in [0.2, 0.25) is 5.02 Å². The Kier molecular flexibility index (Phi) is 4.83. The lowest BCUT2D eigenvalue weighted by Crippen LogP contribution is -2.47. The highest BCUT2D eigenvalue weighted by Gasteiger charge is 2.34. The molecule has 0 saturated carbocycles. The Morgan fingerprint density at radius 1 is 1.21 bits per heavy atom. The lowest BCUT2D eigenvalue weighted by Gasteiger charge is -2.33. The molecule has 1 atom stereocenters. The third-order valence-corrected chi connectivity index (χ3v) is 6.67. The van der Waals surface area contributed by atoms with Crippen LogP contribution in [-0.2, 0) is 11.2 Å². The number of hydrogen-bond donors (Lipinski definition) is 2. The van der Waals surface area contributed by atoms with Crippen LogP contribution < -0.4 is 10.6 Å². The first-order valence-corrected chi connectivity index (χ1v) is 10.7. The lowest BCUT2D eigenvalue weighted by atomic mass is 9.95. The summed E-state index contributed by atoms with van der Waals surface area (Å²) in [7, 11) is 0. The van der Waals surface area contributed by atoms with Crippen LogP contribution in [0.5, 0.6) is 0 Å². The molecule has 8 heteroatoms. The molecule has 1 unspecified atom stereocenters. The first-order valence-electron chi connectivity index (χ1n) is 9.57. The summed E-state index contributed by atoms with van der Waals surface area (Å²) in [6.45, 7) is 3.15. The van der Waals surface area contributed by atoms with E-state index in [1.165, 1.54) is 11.5 Å². The molecule has 5 rings (SSSR count). The van der Waals surface area contributed by atoms with E-state index < -0.39 is 6.04 Å². The highest BCUT2D eigenvalue weighted by Crippen LogP contribution is 2.36. The van der Waals surface area contributed by atoms with Gasteiger partial charge in [0.05, 0.1) is 21.8 Å². The van der Waals surface area contributed by atoms with Gasteiger partial charge in [-0.2, -0.15) is 4.37 Å². The molecule has 6 nitrogen and oxygen atoms in total. The number of Topliss-reactive ketones (excluding diaryl/α,β-unsaturated/α-hetero) is 1. The molecule has 1 aromatic heterocycles. The third kappa shape index (κ3) is 3.34. The van der Waals surface area contributed by atoms with E-state index in [4.69, 9.17) is 11.6 Å². The fraction of sp³-hybridized carbons (Fsp3) is 0.286. The monoisotopic (exact) mass is 426 g/mol. The van der Waals surface area contributed by atoms with E-state index in [0.717, 1.165) is 47.5 Å². The first-order chi connectivity index (χ1) is 14.1. The second kappa shape index (κ2) is 7.50. The number of aromatic nitrogens is 1. The number of carbonyl (C=O) groups excluding carboxylic acids is 2. The summed E-state index contributed by atoms with van der Waals surface area (Å²) in [5.74, 6) is -0.153. The van der Waals surface area contributed by atoms with Crippen LogP contribution in [0.4, 0.5) is 5.69 Å². The Hall–Kier alpha value is -2.32. The van der Waals surface area contributed by atoms with Crippen molar-refractivity contribution in [3.05, 3.63) is 58.2 Å². The Morgan fingerprint density at radius 2 is 2.00 bits per heavy atom. The minimum absolute atomic E-state index is 0.0740. The summed E-state index contributed by atoms with van der Waals surface area (Å²) in [5, 5.41) is 7.48. The molecule has 3 heterocycles. The number of piperazine rings is 1. The molecule has 0 radical (unpaired) electrons. The summed E-state index contributed by atoms with van der Waals surface area (Å²) in [6, 6.07) is 10.9. The highest BCUT2D eigenvalue weighted by molar-refractivity contribution is 7.13. The van der Waals surface area contributed by atoms with Crippen LogP contribution in [0.15, 0.2) is 36.4 Å². The number of nitrogens with one attached hydrogen (secondary N) is 2. The number of nitrogens with zero attached hydrogens (tertiary/aromatic N) is 2. The van der Waals surface area contributed by atoms with Crippen molar-refractivity contribution in [2.45, 2.75) is 12.5 Å². The fourth-order valence-electron chi connectivity index (χ4n) is 4.09. The number of carbonyl (C=O) groups is 2. The first kappa shape index (κ1) is 18.7. The van der Waals surface area contributed by atoms with Crippen LogP contribution in [0, 0.1) is 0 Å². The predicted octanol–water partition coefficient (Wildman–Crippen LogP) is 3.27. The van der Waals surface area contributed by atoms with Crippen LogP contribution >= 0.6 is 23.1 Å². The number of amides is 1. The van der Waals surface area contributed by atoms with E-state index in [2.05, 4.69) is 19.9 Å². The van der Waals surface area contributed by atoms with Gasteiger partial charge in [-0.05, 0) is 35.3 Å². The van der Waals surface area contributed by atoms with Crippen molar-refractivity contribution in [1.29, 1.82) is 0 Å². The summed E-state index contributed by atoms with van der Waals surface area (Å²) < 4.78 is 5.74. The Morgan fingerprint density at radius 3 is 2.83 bits per heavy atom. The van der Waals surface area contributed by atoms with Gasteiger partial charge in [-0.15, -0.1) is 0 Å². The van der Waals surface area contributed by atoms with Crippen molar-refractivity contribution in [1.82, 2.24) is 14.6 Å². The number of benzene rings is 2. The Labute approximate surface area is 177 Å².